The number of nitrogens with zero attached hydrogens (tertiary/aromatic N) is 1. The minimum Gasteiger partial charge on any atom is -0.0879 e. The van der Waals surface area contributed by atoms with E-state index < -0.39 is 0 Å². The molecule has 1 aliphatic rings. The number of allylic oxidation sites excluding steroid dienone is 1. The van der Waals surface area contributed by atoms with Gasteiger partial charge in [-0.15, -0.1) is 0 Å². The van der Waals surface area contributed by atoms with Crippen LogP contribution in [0.3, 0.4) is 0 Å². The average Bonchev–Trinajstić information content (AvgIpc) is 2.06. The van der Waals surface area contributed by atoms with Crippen molar-refractivity contribution in [2.24, 2.45) is 0 Å². The number of rotatable bonds is 1. The smallest absolute Gasteiger partial charge is 0.0879 e. The van der Waals surface area contributed by atoms with Crippen molar-refractivity contribution in [2.45, 2.75) is 6.92 Å². The minimum atomic E-state index is 1.06. The molecule has 1 rings (SSSR count). The van der Waals surface area contributed by atoms with E-state index in [2.05, 4.69) is 11.2 Å². The summed E-state index contributed by atoms with van der Waals surface area (Å²) in [5, 5.41) is 0. The molecule has 0 aliphatic carbocycles. The standard InChI is InChI=1S/C5H6N/c1-4(2)5-3-6-5/h3H,1H2,2H3/q+1. The van der Waals surface area contributed by atoms with E-state index in [1.165, 1.54) is 0 Å². The monoisotopic (exact) mass is 80.0 g/mol. The Labute approximate surface area is 36.7 Å². The third-order valence-electron chi connectivity index (χ3n) is 0.695. The van der Waals surface area contributed by atoms with Crippen molar-refractivity contribution in [3.63, 3.8) is 0 Å². The van der Waals surface area contributed by atoms with Gasteiger partial charge in [0.05, 0.1) is 0 Å². The van der Waals surface area contributed by atoms with Crippen molar-refractivity contribution < 1.29 is 0 Å². The Kier molecular flexibility index (Phi) is 0.465. The highest BCUT2D eigenvalue weighted by Crippen LogP contribution is 1.87. The lowest BCUT2D eigenvalue weighted by Crippen LogP contribution is -1.82. The Morgan fingerprint density at radius 2 is 2.50 bits per heavy atom. The average molecular weight is 80.1 g/mol. The fourth-order valence-electron chi connectivity index (χ4n) is 0.253. The first-order valence-electron chi connectivity index (χ1n) is 1.87. The zero-order chi connectivity index (χ0) is 4.57. The van der Waals surface area contributed by atoms with Gasteiger partial charge in [-0.3, -0.25) is 0 Å². The lowest BCUT2D eigenvalue weighted by Gasteiger charge is -1.62. The van der Waals surface area contributed by atoms with Crippen LogP contribution in [0.5, 0.6) is 0 Å². The first-order chi connectivity index (χ1) is 2.80. The van der Waals surface area contributed by atoms with Crippen LogP contribution in [0.25, 0.3) is 0 Å². The van der Waals surface area contributed by atoms with E-state index in [9.17, 15) is 0 Å². The molecule has 6 heavy (non-hydrogen) atoms. The molecule has 1 aliphatic heterocycles. The highest BCUT2D eigenvalue weighted by atomic mass is 14.7. The second-order valence-electron chi connectivity index (χ2n) is 1.42. The third-order valence-corrected chi connectivity index (χ3v) is 0.695. The molecule has 1 nitrogen and oxygen atoms in total. The van der Waals surface area contributed by atoms with Gasteiger partial charge in [-0.25, -0.2) is 0 Å². The summed E-state index contributed by atoms with van der Waals surface area (Å²) in [5.41, 5.74) is 2.13. The van der Waals surface area contributed by atoms with Crippen molar-refractivity contribution in [3.05, 3.63) is 12.2 Å². The Balaban J connectivity index is 2.57. The maximum absolute atomic E-state index is 3.79. The van der Waals surface area contributed by atoms with Crippen LogP contribution in [-0.2, 0) is 0 Å². The summed E-state index contributed by atoms with van der Waals surface area (Å²) in [6, 6.07) is 0. The van der Waals surface area contributed by atoms with E-state index in [1.807, 2.05) is 13.1 Å². The van der Waals surface area contributed by atoms with E-state index in [1.54, 1.807) is 0 Å². The van der Waals surface area contributed by atoms with Gasteiger partial charge in [-0.2, -0.15) is 0 Å². The van der Waals surface area contributed by atoms with Crippen LogP contribution in [-0.4, -0.2) is 11.9 Å². The highest BCUT2D eigenvalue weighted by Gasteiger charge is 2.21. The molecule has 0 saturated carbocycles. The third kappa shape index (κ3) is 0.399. The van der Waals surface area contributed by atoms with E-state index >= 15 is 0 Å². The molecule has 0 aromatic carbocycles. The SMILES string of the molecule is C=C(C)C1=[N+]=C1. The zero-order valence-electron chi connectivity index (χ0n) is 3.73. The van der Waals surface area contributed by atoms with Gasteiger partial charge in [-0.1, -0.05) is 11.2 Å². The van der Waals surface area contributed by atoms with Crippen molar-refractivity contribution in [3.8, 4) is 0 Å². The number of hydrogen-bond acceptors (Lipinski definition) is 0. The molecule has 30 valence electrons. The second kappa shape index (κ2) is 0.825. The molecule has 0 aromatic rings. The van der Waals surface area contributed by atoms with Crippen LogP contribution in [0.1, 0.15) is 6.92 Å². The molecule has 0 unspecified atom stereocenters. The second-order valence-corrected chi connectivity index (χ2v) is 1.42. The molecular formula is C5H6N+. The summed E-state index contributed by atoms with van der Waals surface area (Å²) in [5.74, 6) is 0. The Bertz CT molecular complexity index is 147. The fourth-order valence-corrected chi connectivity index (χ4v) is 0.253. The van der Waals surface area contributed by atoms with Crippen molar-refractivity contribution in [2.75, 3.05) is 0 Å². The lowest BCUT2D eigenvalue weighted by molar-refractivity contribution is 1.65. The zero-order valence-corrected chi connectivity index (χ0v) is 3.73. The largest absolute Gasteiger partial charge is 0.410 e. The lowest BCUT2D eigenvalue weighted by atomic mass is 10.3. The van der Waals surface area contributed by atoms with Gasteiger partial charge >= 0.3 is 11.9 Å². The Morgan fingerprint density at radius 3 is 2.50 bits per heavy atom. The molecule has 0 bridgehead atoms. The highest BCUT2D eigenvalue weighted by molar-refractivity contribution is 6.46. The number of hydrogen-bond donors (Lipinski definition) is 0. The molecule has 0 fully saturated rings. The van der Waals surface area contributed by atoms with Crippen LogP contribution >= 0.6 is 0 Å². The van der Waals surface area contributed by atoms with Gasteiger partial charge in [0, 0.05) is 5.57 Å². The van der Waals surface area contributed by atoms with E-state index in [0.29, 0.717) is 0 Å². The van der Waals surface area contributed by atoms with E-state index in [-0.39, 0.29) is 0 Å². The van der Waals surface area contributed by atoms with E-state index in [0.717, 1.165) is 11.3 Å². The van der Waals surface area contributed by atoms with Crippen molar-refractivity contribution >= 4 is 11.9 Å². The van der Waals surface area contributed by atoms with Crippen LogP contribution in [0.2, 0.25) is 0 Å². The van der Waals surface area contributed by atoms with Gasteiger partial charge in [0.1, 0.15) is 0 Å². The minimum absolute atomic E-state index is 1.06. The summed E-state index contributed by atoms with van der Waals surface area (Å²) in [4.78, 5) is 0. The maximum Gasteiger partial charge on any atom is 0.410 e. The molecule has 0 atom stereocenters. The maximum atomic E-state index is 3.79. The van der Waals surface area contributed by atoms with Crippen LogP contribution in [0, 0.1) is 0 Å². The summed E-state index contributed by atoms with van der Waals surface area (Å²) >= 11 is 0. The normalized spacial score (nSPS) is 13.8. The Hall–Kier alpha value is -0.810. The topological polar surface area (TPSA) is 14.1 Å². The van der Waals surface area contributed by atoms with Gasteiger partial charge in [0.25, 0.3) is 0 Å². The van der Waals surface area contributed by atoms with Crippen LogP contribution < -0.4 is 4.67 Å². The molecule has 0 radical (unpaired) electrons. The van der Waals surface area contributed by atoms with Crippen molar-refractivity contribution in [1.29, 1.82) is 0 Å². The van der Waals surface area contributed by atoms with Crippen LogP contribution in [0.4, 0.5) is 0 Å². The summed E-state index contributed by atoms with van der Waals surface area (Å²) < 4.78 is 3.79. The van der Waals surface area contributed by atoms with Crippen LogP contribution in [0.15, 0.2) is 12.2 Å². The predicted molar refractivity (Wildman–Crippen MR) is 28.0 cm³/mol. The predicted octanol–water partition coefficient (Wildman–Crippen LogP) is 0.155. The quantitative estimate of drug-likeness (QED) is 0.398. The first kappa shape index (κ1) is 3.38. The van der Waals surface area contributed by atoms with Gasteiger partial charge < -0.3 is 0 Å². The molecule has 0 saturated heterocycles. The first-order valence-corrected chi connectivity index (χ1v) is 1.87. The molecular weight excluding hydrogens is 74.1 g/mol. The molecule has 1 heteroatoms. The van der Waals surface area contributed by atoms with E-state index in [4.69, 9.17) is 0 Å². The Morgan fingerprint density at radius 1 is 2.00 bits per heavy atom. The molecule has 1 heterocycles. The molecule has 0 spiro atoms. The summed E-state index contributed by atoms with van der Waals surface area (Å²) in [6.45, 7) is 5.60. The van der Waals surface area contributed by atoms with Gasteiger partial charge in [0.15, 0.2) is 0 Å². The van der Waals surface area contributed by atoms with Gasteiger partial charge in [-0.05, 0) is 6.92 Å². The fraction of sp³-hybridized carbons (Fsp3) is 0.200. The van der Waals surface area contributed by atoms with Gasteiger partial charge in [0.2, 0.25) is 0 Å². The molecule has 0 aromatic heterocycles. The molecule has 0 amide bonds. The molecule has 0 N–H and O–H groups in total. The summed E-state index contributed by atoms with van der Waals surface area (Å²) in [7, 11) is 0. The van der Waals surface area contributed by atoms with Crippen molar-refractivity contribution in [1.82, 2.24) is 4.67 Å². The summed E-state index contributed by atoms with van der Waals surface area (Å²) in [6.07, 6.45) is 1.81.